The zero-order valence-electron chi connectivity index (χ0n) is 19.4. The molecule has 1 aliphatic heterocycles. The number of rotatable bonds is 7. The van der Waals surface area contributed by atoms with Crippen molar-refractivity contribution in [2.75, 3.05) is 38.0 Å². The Labute approximate surface area is 194 Å². The molecule has 0 spiro atoms. The zero-order chi connectivity index (χ0) is 23.2. The number of hydrogen-bond acceptors (Lipinski definition) is 7. The van der Waals surface area contributed by atoms with Crippen molar-refractivity contribution >= 4 is 26.7 Å². The third-order valence-corrected chi connectivity index (χ3v) is 8.97. The molecule has 3 aromatic heterocycles. The lowest BCUT2D eigenvalue weighted by atomic mass is 10.1. The molecule has 3 aromatic rings. The Hall–Kier alpha value is -2.49. The highest BCUT2D eigenvalue weighted by Crippen LogP contribution is 2.53. The van der Waals surface area contributed by atoms with Crippen molar-refractivity contribution in [2.45, 2.75) is 43.5 Å². The Kier molecular flexibility index (Phi) is 5.66. The number of nitrogens with zero attached hydrogens (tertiary/aromatic N) is 3. The van der Waals surface area contributed by atoms with E-state index < -0.39 is 14.6 Å². The summed E-state index contributed by atoms with van der Waals surface area (Å²) in [4.78, 5) is 15.5. The number of aromatic nitrogens is 3. The maximum Gasteiger partial charge on any atom is 0.157 e. The smallest absolute Gasteiger partial charge is 0.157 e. The highest BCUT2D eigenvalue weighted by Gasteiger charge is 2.54. The SMILES string of the molecule is CC[C@H]1COCCN1c1cc(C2(S(C)(=O)=O)CC2)cc(-c2ccc3[nH]c(CNC)cc3n2)n1. The Morgan fingerprint density at radius 2 is 2.03 bits per heavy atom. The lowest BCUT2D eigenvalue weighted by Crippen LogP contribution is -2.45. The van der Waals surface area contributed by atoms with Crippen molar-refractivity contribution in [1.82, 2.24) is 20.3 Å². The maximum absolute atomic E-state index is 12.7. The average Bonchev–Trinajstić information content (AvgIpc) is 3.54. The van der Waals surface area contributed by atoms with Gasteiger partial charge in [0.25, 0.3) is 0 Å². The molecular weight excluding hydrogens is 438 g/mol. The van der Waals surface area contributed by atoms with E-state index in [0.717, 1.165) is 53.3 Å². The van der Waals surface area contributed by atoms with E-state index in [2.05, 4.69) is 22.1 Å². The van der Waals surface area contributed by atoms with Crippen LogP contribution in [-0.4, -0.2) is 62.5 Å². The van der Waals surface area contributed by atoms with Gasteiger partial charge in [-0.15, -0.1) is 0 Å². The van der Waals surface area contributed by atoms with Crippen LogP contribution in [0.5, 0.6) is 0 Å². The highest BCUT2D eigenvalue weighted by atomic mass is 32.2. The summed E-state index contributed by atoms with van der Waals surface area (Å²) in [6.07, 6.45) is 3.57. The van der Waals surface area contributed by atoms with Crippen LogP contribution in [0.15, 0.2) is 30.3 Å². The summed E-state index contributed by atoms with van der Waals surface area (Å²) in [5.41, 5.74) is 5.16. The summed E-state index contributed by atoms with van der Waals surface area (Å²) in [7, 11) is -1.34. The minimum absolute atomic E-state index is 0.215. The van der Waals surface area contributed by atoms with Gasteiger partial charge in [0.15, 0.2) is 9.84 Å². The molecule has 0 aromatic carbocycles. The third kappa shape index (κ3) is 4.02. The van der Waals surface area contributed by atoms with E-state index in [1.54, 1.807) is 0 Å². The molecule has 1 saturated carbocycles. The van der Waals surface area contributed by atoms with Gasteiger partial charge < -0.3 is 19.9 Å². The Bertz CT molecular complexity index is 1280. The van der Waals surface area contributed by atoms with Gasteiger partial charge in [0.1, 0.15) is 5.82 Å². The van der Waals surface area contributed by atoms with Gasteiger partial charge in [-0.25, -0.2) is 18.4 Å². The molecule has 1 aliphatic carbocycles. The summed E-state index contributed by atoms with van der Waals surface area (Å²) in [5, 5.41) is 3.15. The second-order valence-corrected chi connectivity index (χ2v) is 11.5. The topological polar surface area (TPSA) is 100 Å². The molecule has 2 aliphatic rings. The molecule has 1 saturated heterocycles. The Balaban J connectivity index is 1.63. The van der Waals surface area contributed by atoms with Crippen LogP contribution in [0.25, 0.3) is 22.4 Å². The molecule has 33 heavy (non-hydrogen) atoms. The monoisotopic (exact) mass is 469 g/mol. The van der Waals surface area contributed by atoms with Crippen LogP contribution in [0, 0.1) is 0 Å². The standard InChI is InChI=1S/C24H31N5O3S/c1-4-18-15-32-10-9-29(18)23-12-16(24(7-8-24)33(3,30)31)11-21(28-23)20-6-5-19-22(27-20)13-17(26-19)14-25-2/h5-6,11-13,18,25-26H,4,7-10,14-15H2,1-3H3/t18-/m0/s1. The number of morpholine rings is 1. The summed E-state index contributed by atoms with van der Waals surface area (Å²) in [6, 6.07) is 10.1. The van der Waals surface area contributed by atoms with E-state index in [4.69, 9.17) is 14.7 Å². The van der Waals surface area contributed by atoms with Gasteiger partial charge in [0.2, 0.25) is 0 Å². The van der Waals surface area contributed by atoms with Crippen LogP contribution in [-0.2, 0) is 25.9 Å². The molecule has 4 heterocycles. The molecule has 9 heteroatoms. The fraction of sp³-hybridized carbons (Fsp3) is 0.500. The van der Waals surface area contributed by atoms with Gasteiger partial charge in [0, 0.05) is 25.0 Å². The highest BCUT2D eigenvalue weighted by molar-refractivity contribution is 7.92. The van der Waals surface area contributed by atoms with Crippen LogP contribution >= 0.6 is 0 Å². The number of aromatic amines is 1. The molecule has 1 atom stereocenters. The van der Waals surface area contributed by atoms with Gasteiger partial charge in [-0.2, -0.15) is 0 Å². The number of hydrogen-bond donors (Lipinski definition) is 2. The number of nitrogens with one attached hydrogen (secondary N) is 2. The molecule has 0 bridgehead atoms. The van der Waals surface area contributed by atoms with Gasteiger partial charge in [-0.05, 0) is 62.2 Å². The van der Waals surface area contributed by atoms with Crippen LogP contribution in [0.1, 0.15) is 37.4 Å². The number of fused-ring (bicyclic) bond motifs is 1. The van der Waals surface area contributed by atoms with Crippen LogP contribution < -0.4 is 10.2 Å². The van der Waals surface area contributed by atoms with Crippen LogP contribution in [0.3, 0.4) is 0 Å². The first kappa shape index (κ1) is 22.3. The van der Waals surface area contributed by atoms with Gasteiger partial charge in [0.05, 0.1) is 46.4 Å². The first-order chi connectivity index (χ1) is 15.8. The second-order valence-electron chi connectivity index (χ2n) is 9.15. The van der Waals surface area contributed by atoms with Crippen molar-refractivity contribution in [3.63, 3.8) is 0 Å². The summed E-state index contributed by atoms with van der Waals surface area (Å²) in [5.74, 6) is 0.805. The molecule has 5 rings (SSSR count). The molecule has 2 N–H and O–H groups in total. The van der Waals surface area contributed by atoms with Crippen LogP contribution in [0.4, 0.5) is 5.82 Å². The molecule has 0 radical (unpaired) electrons. The third-order valence-electron chi connectivity index (χ3n) is 6.91. The molecule has 176 valence electrons. The molecular formula is C24H31N5O3S. The average molecular weight is 470 g/mol. The first-order valence-corrected chi connectivity index (χ1v) is 13.4. The van der Waals surface area contributed by atoms with Gasteiger partial charge in [-0.3, -0.25) is 0 Å². The van der Waals surface area contributed by atoms with Gasteiger partial charge in [-0.1, -0.05) is 6.92 Å². The van der Waals surface area contributed by atoms with E-state index >= 15 is 0 Å². The van der Waals surface area contributed by atoms with E-state index in [1.165, 1.54) is 6.26 Å². The number of ether oxygens (including phenoxy) is 1. The van der Waals surface area contributed by atoms with E-state index in [-0.39, 0.29) is 6.04 Å². The fourth-order valence-electron chi connectivity index (χ4n) is 4.83. The van der Waals surface area contributed by atoms with Crippen molar-refractivity contribution in [2.24, 2.45) is 0 Å². The lowest BCUT2D eigenvalue weighted by Gasteiger charge is -2.36. The zero-order valence-corrected chi connectivity index (χ0v) is 20.2. The second kappa shape index (κ2) is 8.38. The summed E-state index contributed by atoms with van der Waals surface area (Å²) in [6.45, 7) is 4.89. The number of H-pyrrole nitrogens is 1. The summed E-state index contributed by atoms with van der Waals surface area (Å²) >= 11 is 0. The van der Waals surface area contributed by atoms with Crippen molar-refractivity contribution in [3.8, 4) is 11.4 Å². The molecule has 8 nitrogen and oxygen atoms in total. The Morgan fingerprint density at radius 1 is 1.21 bits per heavy atom. The fourth-order valence-corrected chi connectivity index (χ4v) is 6.22. The number of pyridine rings is 2. The summed E-state index contributed by atoms with van der Waals surface area (Å²) < 4.78 is 30.3. The number of anilines is 1. The quantitative estimate of drug-likeness (QED) is 0.549. The first-order valence-electron chi connectivity index (χ1n) is 11.5. The predicted molar refractivity (Wildman–Crippen MR) is 130 cm³/mol. The van der Waals surface area contributed by atoms with Crippen molar-refractivity contribution < 1.29 is 13.2 Å². The maximum atomic E-state index is 12.7. The molecule has 0 amide bonds. The van der Waals surface area contributed by atoms with Crippen molar-refractivity contribution in [3.05, 3.63) is 41.6 Å². The number of sulfone groups is 1. The predicted octanol–water partition coefficient (Wildman–Crippen LogP) is 2.99. The van der Waals surface area contributed by atoms with E-state index in [9.17, 15) is 8.42 Å². The van der Waals surface area contributed by atoms with E-state index in [1.807, 2.05) is 37.4 Å². The Morgan fingerprint density at radius 3 is 2.73 bits per heavy atom. The molecule has 0 unspecified atom stereocenters. The normalized spacial score (nSPS) is 20.3. The largest absolute Gasteiger partial charge is 0.377 e. The van der Waals surface area contributed by atoms with Crippen LogP contribution in [0.2, 0.25) is 0 Å². The molecule has 2 fully saturated rings. The van der Waals surface area contributed by atoms with E-state index in [0.29, 0.717) is 31.7 Å². The lowest BCUT2D eigenvalue weighted by molar-refractivity contribution is 0.0926. The van der Waals surface area contributed by atoms with Crippen molar-refractivity contribution in [1.29, 1.82) is 0 Å². The van der Waals surface area contributed by atoms with Gasteiger partial charge >= 0.3 is 0 Å². The minimum atomic E-state index is -3.25. The minimum Gasteiger partial charge on any atom is -0.377 e.